The molecule has 13 heavy (non-hydrogen) atoms. The largest absolute Gasteiger partial charge is 0.385 e. The molecule has 1 N–H and O–H groups in total. The Morgan fingerprint density at radius 3 is 2.38 bits per heavy atom. The van der Waals surface area contributed by atoms with Gasteiger partial charge in [-0.05, 0) is 31.8 Å². The summed E-state index contributed by atoms with van der Waals surface area (Å²) < 4.78 is 5.02. The topological polar surface area (TPSA) is 21.3 Å². The SMILES string of the molecule is CNCC(C)C(C)CCCCOC. The smallest absolute Gasteiger partial charge is 0.0462 e. The van der Waals surface area contributed by atoms with E-state index in [1.807, 2.05) is 7.05 Å². The van der Waals surface area contributed by atoms with Gasteiger partial charge in [0.1, 0.15) is 0 Å². The quantitative estimate of drug-likeness (QED) is 0.589. The highest BCUT2D eigenvalue weighted by Crippen LogP contribution is 2.16. The summed E-state index contributed by atoms with van der Waals surface area (Å²) >= 11 is 0. The molecule has 2 unspecified atom stereocenters. The molecule has 0 radical (unpaired) electrons. The van der Waals surface area contributed by atoms with Crippen LogP contribution in [0, 0.1) is 11.8 Å². The second-order valence-corrected chi connectivity index (χ2v) is 4.00. The lowest BCUT2D eigenvalue weighted by atomic mass is 9.91. The number of nitrogens with one attached hydrogen (secondary N) is 1. The third-order valence-corrected chi connectivity index (χ3v) is 2.76. The van der Waals surface area contributed by atoms with Crippen molar-refractivity contribution in [1.82, 2.24) is 5.32 Å². The molecule has 0 fully saturated rings. The molecule has 0 aromatic rings. The van der Waals surface area contributed by atoms with E-state index in [1.54, 1.807) is 7.11 Å². The Labute approximate surface area is 83.1 Å². The maximum absolute atomic E-state index is 5.02. The first kappa shape index (κ1) is 12.9. The molecule has 0 aliphatic rings. The molecule has 0 bridgehead atoms. The van der Waals surface area contributed by atoms with Crippen molar-refractivity contribution >= 4 is 0 Å². The van der Waals surface area contributed by atoms with Gasteiger partial charge in [0.15, 0.2) is 0 Å². The third kappa shape index (κ3) is 7.03. The number of ether oxygens (including phenoxy) is 1. The standard InChI is InChI=1S/C11H25NO/c1-10(11(2)9-12-3)7-5-6-8-13-4/h10-12H,5-9H2,1-4H3. The van der Waals surface area contributed by atoms with Crippen LogP contribution in [0.4, 0.5) is 0 Å². The average Bonchev–Trinajstić information content (AvgIpc) is 2.12. The fourth-order valence-corrected chi connectivity index (χ4v) is 1.52. The highest BCUT2D eigenvalue weighted by Gasteiger charge is 2.10. The molecule has 0 aromatic carbocycles. The van der Waals surface area contributed by atoms with Gasteiger partial charge in [-0.25, -0.2) is 0 Å². The minimum atomic E-state index is 0.785. The summed E-state index contributed by atoms with van der Waals surface area (Å²) in [5.74, 6) is 1.61. The van der Waals surface area contributed by atoms with Gasteiger partial charge in [-0.2, -0.15) is 0 Å². The molecule has 80 valence electrons. The van der Waals surface area contributed by atoms with Crippen molar-refractivity contribution in [2.24, 2.45) is 11.8 Å². The molecule has 0 rings (SSSR count). The normalized spacial score (nSPS) is 15.7. The number of hydrogen-bond acceptors (Lipinski definition) is 2. The van der Waals surface area contributed by atoms with Crippen LogP contribution in [-0.4, -0.2) is 27.3 Å². The van der Waals surface area contributed by atoms with Crippen molar-refractivity contribution in [2.75, 3.05) is 27.3 Å². The van der Waals surface area contributed by atoms with Gasteiger partial charge in [0.2, 0.25) is 0 Å². The summed E-state index contributed by atoms with van der Waals surface area (Å²) in [6.07, 6.45) is 3.82. The Morgan fingerprint density at radius 1 is 1.15 bits per heavy atom. The van der Waals surface area contributed by atoms with Crippen molar-refractivity contribution in [3.8, 4) is 0 Å². The van der Waals surface area contributed by atoms with Gasteiger partial charge in [-0.15, -0.1) is 0 Å². The van der Waals surface area contributed by atoms with Crippen molar-refractivity contribution < 1.29 is 4.74 Å². The summed E-state index contributed by atoms with van der Waals surface area (Å²) in [5.41, 5.74) is 0. The molecule has 2 atom stereocenters. The van der Waals surface area contributed by atoms with Gasteiger partial charge in [0, 0.05) is 13.7 Å². The van der Waals surface area contributed by atoms with Crippen LogP contribution in [0.5, 0.6) is 0 Å². The summed E-state index contributed by atoms with van der Waals surface area (Å²) in [6.45, 7) is 6.70. The fraction of sp³-hybridized carbons (Fsp3) is 1.00. The highest BCUT2D eigenvalue weighted by molar-refractivity contribution is 4.63. The molecule has 0 heterocycles. The van der Waals surface area contributed by atoms with E-state index in [0.29, 0.717) is 0 Å². The second-order valence-electron chi connectivity index (χ2n) is 4.00. The van der Waals surface area contributed by atoms with Crippen LogP contribution in [0.25, 0.3) is 0 Å². The Hall–Kier alpha value is -0.0800. The number of unbranched alkanes of at least 4 members (excludes halogenated alkanes) is 1. The van der Waals surface area contributed by atoms with Crippen LogP contribution in [0.3, 0.4) is 0 Å². The lowest BCUT2D eigenvalue weighted by Gasteiger charge is -2.19. The first-order valence-electron chi connectivity index (χ1n) is 5.36. The molecular weight excluding hydrogens is 162 g/mol. The van der Waals surface area contributed by atoms with E-state index in [-0.39, 0.29) is 0 Å². The maximum Gasteiger partial charge on any atom is 0.0462 e. The zero-order valence-electron chi connectivity index (χ0n) is 9.60. The van der Waals surface area contributed by atoms with Crippen LogP contribution in [0.1, 0.15) is 33.1 Å². The Bertz CT molecular complexity index is 106. The van der Waals surface area contributed by atoms with Crippen LogP contribution >= 0.6 is 0 Å². The number of hydrogen-bond donors (Lipinski definition) is 1. The molecule has 0 aromatic heterocycles. The first-order chi connectivity index (χ1) is 6.22. The van der Waals surface area contributed by atoms with Gasteiger partial charge >= 0.3 is 0 Å². The van der Waals surface area contributed by atoms with E-state index >= 15 is 0 Å². The molecule has 0 aliphatic carbocycles. The maximum atomic E-state index is 5.02. The predicted molar refractivity (Wildman–Crippen MR) is 58.0 cm³/mol. The Morgan fingerprint density at radius 2 is 1.85 bits per heavy atom. The highest BCUT2D eigenvalue weighted by atomic mass is 16.5. The number of methoxy groups -OCH3 is 1. The van der Waals surface area contributed by atoms with Gasteiger partial charge in [-0.3, -0.25) is 0 Å². The molecule has 2 heteroatoms. The summed E-state index contributed by atoms with van der Waals surface area (Å²) in [6, 6.07) is 0. The predicted octanol–water partition coefficient (Wildman–Crippen LogP) is 2.29. The van der Waals surface area contributed by atoms with Gasteiger partial charge in [-0.1, -0.05) is 26.7 Å². The van der Waals surface area contributed by atoms with E-state index < -0.39 is 0 Å². The summed E-state index contributed by atoms with van der Waals surface area (Å²) in [7, 11) is 3.79. The average molecular weight is 187 g/mol. The molecule has 0 saturated carbocycles. The van der Waals surface area contributed by atoms with E-state index in [4.69, 9.17) is 4.74 Å². The van der Waals surface area contributed by atoms with Crippen LogP contribution in [-0.2, 0) is 4.74 Å². The van der Waals surface area contributed by atoms with Crippen molar-refractivity contribution in [2.45, 2.75) is 33.1 Å². The minimum Gasteiger partial charge on any atom is -0.385 e. The van der Waals surface area contributed by atoms with Gasteiger partial charge in [0.25, 0.3) is 0 Å². The molecule has 0 aliphatic heterocycles. The zero-order chi connectivity index (χ0) is 10.1. The molecule has 0 spiro atoms. The third-order valence-electron chi connectivity index (χ3n) is 2.76. The lowest BCUT2D eigenvalue weighted by molar-refractivity contribution is 0.188. The van der Waals surface area contributed by atoms with Crippen LogP contribution in [0.2, 0.25) is 0 Å². The van der Waals surface area contributed by atoms with E-state index in [9.17, 15) is 0 Å². The lowest BCUT2D eigenvalue weighted by Crippen LogP contribution is -2.21. The zero-order valence-corrected chi connectivity index (χ0v) is 9.60. The van der Waals surface area contributed by atoms with E-state index in [2.05, 4.69) is 19.2 Å². The molecule has 2 nitrogen and oxygen atoms in total. The van der Waals surface area contributed by atoms with Crippen LogP contribution in [0.15, 0.2) is 0 Å². The Balaban J connectivity index is 3.32. The first-order valence-corrected chi connectivity index (χ1v) is 5.36. The van der Waals surface area contributed by atoms with Crippen molar-refractivity contribution in [1.29, 1.82) is 0 Å². The van der Waals surface area contributed by atoms with Gasteiger partial charge < -0.3 is 10.1 Å². The van der Waals surface area contributed by atoms with Crippen molar-refractivity contribution in [3.63, 3.8) is 0 Å². The fourth-order valence-electron chi connectivity index (χ4n) is 1.52. The second kappa shape index (κ2) is 8.52. The summed E-state index contributed by atoms with van der Waals surface area (Å²) in [4.78, 5) is 0. The monoisotopic (exact) mass is 187 g/mol. The number of rotatable bonds is 8. The van der Waals surface area contributed by atoms with E-state index in [1.165, 1.54) is 19.3 Å². The molecule has 0 amide bonds. The minimum absolute atomic E-state index is 0.785. The van der Waals surface area contributed by atoms with E-state index in [0.717, 1.165) is 25.0 Å². The van der Waals surface area contributed by atoms with Gasteiger partial charge in [0.05, 0.1) is 0 Å². The summed E-state index contributed by atoms with van der Waals surface area (Å²) in [5, 5.41) is 3.23. The van der Waals surface area contributed by atoms with Crippen molar-refractivity contribution in [3.05, 3.63) is 0 Å². The molecular formula is C11H25NO. The van der Waals surface area contributed by atoms with Crippen LogP contribution < -0.4 is 5.32 Å². The molecule has 0 saturated heterocycles. The Kier molecular flexibility index (Phi) is 8.46.